The van der Waals surface area contributed by atoms with Crippen LogP contribution in [0.5, 0.6) is 0 Å². The van der Waals surface area contributed by atoms with Crippen LogP contribution < -0.4 is 15.8 Å². The van der Waals surface area contributed by atoms with Gasteiger partial charge in [-0.05, 0) is 56.2 Å². The Kier molecular flexibility index (Phi) is 5.48. The average Bonchev–Trinajstić information content (AvgIpc) is 2.80. The molecule has 0 aromatic carbocycles. The number of carbonyl (C=O) groups excluding carboxylic acids is 1. The van der Waals surface area contributed by atoms with Crippen LogP contribution >= 0.6 is 0 Å². The lowest BCUT2D eigenvalue weighted by Crippen LogP contribution is -2.49. The molecule has 8 heteroatoms. The van der Waals surface area contributed by atoms with Crippen molar-refractivity contribution >= 4 is 11.9 Å². The van der Waals surface area contributed by atoms with E-state index < -0.39 is 0 Å². The van der Waals surface area contributed by atoms with Crippen molar-refractivity contribution in [3.8, 4) is 0 Å². The maximum atomic E-state index is 13.2. The SMILES string of the molecule is COC1CCC(NC(=O)c2ccc3n(c2=O)C[C@H]2C[C@@H]3CN(c3ncccn3)C2)CC1. The van der Waals surface area contributed by atoms with Crippen LogP contribution in [0.3, 0.4) is 0 Å². The molecule has 3 aliphatic rings. The van der Waals surface area contributed by atoms with Crippen molar-refractivity contribution in [3.05, 3.63) is 52.2 Å². The van der Waals surface area contributed by atoms with E-state index in [1.807, 2.05) is 16.7 Å². The number of nitrogens with one attached hydrogen (secondary N) is 1. The lowest BCUT2D eigenvalue weighted by atomic mass is 9.83. The fourth-order valence-electron chi connectivity index (χ4n) is 5.44. The molecular weight excluding hydrogens is 394 g/mol. The number of ether oxygens (including phenoxy) is 1. The van der Waals surface area contributed by atoms with Gasteiger partial charge in [0.1, 0.15) is 5.56 Å². The van der Waals surface area contributed by atoms with Gasteiger partial charge in [-0.2, -0.15) is 0 Å². The first-order valence-corrected chi connectivity index (χ1v) is 11.2. The van der Waals surface area contributed by atoms with Crippen molar-refractivity contribution in [3.63, 3.8) is 0 Å². The second-order valence-corrected chi connectivity index (χ2v) is 9.02. The van der Waals surface area contributed by atoms with Gasteiger partial charge in [0, 0.05) is 56.8 Å². The number of amides is 1. The Morgan fingerprint density at radius 1 is 1.10 bits per heavy atom. The number of anilines is 1. The molecule has 31 heavy (non-hydrogen) atoms. The minimum atomic E-state index is -0.254. The topological polar surface area (TPSA) is 89.4 Å². The van der Waals surface area contributed by atoms with Crippen molar-refractivity contribution in [2.45, 2.75) is 56.7 Å². The normalized spacial score (nSPS) is 27.5. The summed E-state index contributed by atoms with van der Waals surface area (Å²) >= 11 is 0. The summed E-state index contributed by atoms with van der Waals surface area (Å²) in [5.74, 6) is 1.07. The number of fused-ring (bicyclic) bond motifs is 4. The van der Waals surface area contributed by atoms with Crippen molar-refractivity contribution < 1.29 is 9.53 Å². The minimum Gasteiger partial charge on any atom is -0.381 e. The van der Waals surface area contributed by atoms with Gasteiger partial charge >= 0.3 is 0 Å². The highest BCUT2D eigenvalue weighted by Crippen LogP contribution is 2.36. The third-order valence-corrected chi connectivity index (χ3v) is 7.03. The van der Waals surface area contributed by atoms with Gasteiger partial charge in [0.25, 0.3) is 11.5 Å². The molecule has 0 spiro atoms. The molecule has 5 rings (SSSR count). The molecule has 1 aliphatic carbocycles. The first kappa shape index (κ1) is 20.2. The minimum absolute atomic E-state index is 0.109. The Bertz CT molecular complexity index is 1000. The lowest BCUT2D eigenvalue weighted by molar-refractivity contribution is 0.0599. The van der Waals surface area contributed by atoms with Crippen LogP contribution in [0.1, 0.15) is 54.1 Å². The van der Waals surface area contributed by atoms with E-state index in [9.17, 15) is 9.59 Å². The first-order valence-electron chi connectivity index (χ1n) is 11.2. The Morgan fingerprint density at radius 2 is 1.87 bits per heavy atom. The molecule has 2 aliphatic heterocycles. The summed E-state index contributed by atoms with van der Waals surface area (Å²) in [6.45, 7) is 2.24. The number of nitrogens with zero attached hydrogens (tertiary/aromatic N) is 4. The van der Waals surface area contributed by atoms with Gasteiger partial charge in [-0.25, -0.2) is 9.97 Å². The third kappa shape index (κ3) is 3.96. The molecular formula is C23H29N5O3. The predicted octanol–water partition coefficient (Wildman–Crippen LogP) is 1.95. The van der Waals surface area contributed by atoms with E-state index in [4.69, 9.17) is 4.74 Å². The van der Waals surface area contributed by atoms with Crippen molar-refractivity contribution in [1.29, 1.82) is 0 Å². The fourth-order valence-corrected chi connectivity index (χ4v) is 5.44. The highest BCUT2D eigenvalue weighted by atomic mass is 16.5. The standard InChI is InChI=1S/C23H29N5O3/c1-31-18-5-3-17(4-6-18)26-21(29)19-7-8-20-16-11-15(13-28(20)22(19)30)12-27(14-16)23-24-9-2-10-25-23/h2,7-10,15-18H,3-6,11-14H2,1H3,(H,26,29)/t15-,16+,17?,18?/m0/s1. The van der Waals surface area contributed by atoms with Crippen molar-refractivity contribution in [2.24, 2.45) is 5.92 Å². The second kappa shape index (κ2) is 8.42. The molecule has 8 nitrogen and oxygen atoms in total. The zero-order valence-electron chi connectivity index (χ0n) is 17.9. The molecule has 0 radical (unpaired) electrons. The van der Waals surface area contributed by atoms with Crippen LogP contribution in [-0.2, 0) is 11.3 Å². The smallest absolute Gasteiger partial charge is 0.263 e. The van der Waals surface area contributed by atoms with Gasteiger partial charge in [0.15, 0.2) is 0 Å². The number of piperidine rings is 1. The Hall–Kier alpha value is -2.74. The summed E-state index contributed by atoms with van der Waals surface area (Å²) in [4.78, 5) is 37.1. The monoisotopic (exact) mass is 423 g/mol. The first-order chi connectivity index (χ1) is 15.1. The van der Waals surface area contributed by atoms with Crippen LogP contribution in [0.25, 0.3) is 0 Å². The molecule has 2 aromatic rings. The highest BCUT2D eigenvalue weighted by Gasteiger charge is 2.36. The molecule has 2 fully saturated rings. The van der Waals surface area contributed by atoms with Crippen LogP contribution in [0.15, 0.2) is 35.4 Å². The largest absolute Gasteiger partial charge is 0.381 e. The molecule has 1 N–H and O–H groups in total. The summed E-state index contributed by atoms with van der Waals surface area (Å²) in [7, 11) is 1.74. The van der Waals surface area contributed by atoms with E-state index in [1.165, 1.54) is 0 Å². The number of pyridine rings is 1. The zero-order chi connectivity index (χ0) is 21.4. The van der Waals surface area contributed by atoms with E-state index in [0.29, 0.717) is 12.5 Å². The summed E-state index contributed by atoms with van der Waals surface area (Å²) in [5.41, 5.74) is 1.10. The van der Waals surface area contributed by atoms with E-state index in [-0.39, 0.29) is 35.1 Å². The van der Waals surface area contributed by atoms with E-state index >= 15 is 0 Å². The molecule has 2 atom stereocenters. The van der Waals surface area contributed by atoms with Gasteiger partial charge in [-0.3, -0.25) is 9.59 Å². The molecule has 2 aromatic heterocycles. The predicted molar refractivity (Wildman–Crippen MR) is 116 cm³/mol. The Balaban J connectivity index is 1.33. The number of methoxy groups -OCH3 is 1. The fraction of sp³-hybridized carbons (Fsp3) is 0.565. The Labute approximate surface area is 181 Å². The maximum absolute atomic E-state index is 13.2. The van der Waals surface area contributed by atoms with Gasteiger partial charge < -0.3 is 19.5 Å². The molecule has 2 bridgehead atoms. The number of hydrogen-bond donors (Lipinski definition) is 1. The lowest BCUT2D eigenvalue weighted by Gasteiger charge is -2.42. The molecule has 1 amide bonds. The summed E-state index contributed by atoms with van der Waals surface area (Å²) in [5, 5.41) is 3.07. The van der Waals surface area contributed by atoms with Gasteiger partial charge in [0.2, 0.25) is 5.95 Å². The van der Waals surface area contributed by atoms with Crippen LogP contribution in [0, 0.1) is 5.92 Å². The highest BCUT2D eigenvalue weighted by molar-refractivity contribution is 5.94. The quantitative estimate of drug-likeness (QED) is 0.809. The number of carbonyl (C=O) groups is 1. The molecule has 1 saturated heterocycles. The molecule has 0 unspecified atom stereocenters. The maximum Gasteiger partial charge on any atom is 0.263 e. The molecule has 1 saturated carbocycles. The second-order valence-electron chi connectivity index (χ2n) is 9.02. The summed E-state index contributed by atoms with van der Waals surface area (Å²) < 4.78 is 7.24. The van der Waals surface area contributed by atoms with Crippen LogP contribution in [0.4, 0.5) is 5.95 Å². The third-order valence-electron chi connectivity index (χ3n) is 7.03. The van der Waals surface area contributed by atoms with Gasteiger partial charge in [-0.1, -0.05) is 0 Å². The average molecular weight is 424 g/mol. The van der Waals surface area contributed by atoms with Crippen molar-refractivity contribution in [2.75, 3.05) is 25.1 Å². The van der Waals surface area contributed by atoms with E-state index in [2.05, 4.69) is 20.2 Å². The summed E-state index contributed by atoms with van der Waals surface area (Å²) in [6, 6.07) is 5.61. The van der Waals surface area contributed by atoms with Gasteiger partial charge in [-0.15, -0.1) is 0 Å². The van der Waals surface area contributed by atoms with Crippen molar-refractivity contribution in [1.82, 2.24) is 19.9 Å². The van der Waals surface area contributed by atoms with Crippen LogP contribution in [-0.4, -0.2) is 52.8 Å². The number of aromatic nitrogens is 3. The molecule has 4 heterocycles. The zero-order valence-corrected chi connectivity index (χ0v) is 17.9. The number of hydrogen-bond acceptors (Lipinski definition) is 6. The Morgan fingerprint density at radius 3 is 2.61 bits per heavy atom. The van der Waals surface area contributed by atoms with Crippen LogP contribution in [0.2, 0.25) is 0 Å². The van der Waals surface area contributed by atoms with E-state index in [1.54, 1.807) is 25.6 Å². The molecule has 164 valence electrons. The number of rotatable bonds is 4. The van der Waals surface area contributed by atoms with E-state index in [0.717, 1.165) is 56.8 Å². The van der Waals surface area contributed by atoms with Gasteiger partial charge in [0.05, 0.1) is 6.10 Å². The summed E-state index contributed by atoms with van der Waals surface area (Å²) in [6.07, 6.45) is 8.51.